The van der Waals surface area contributed by atoms with E-state index in [2.05, 4.69) is 6.92 Å². The van der Waals surface area contributed by atoms with E-state index in [4.69, 9.17) is 9.47 Å². The molecule has 0 aliphatic carbocycles. The lowest BCUT2D eigenvalue weighted by Crippen LogP contribution is -2.24. The highest BCUT2D eigenvalue weighted by atomic mass is 16.7. The first-order valence-corrected chi connectivity index (χ1v) is 6.08. The molecule has 0 unspecified atom stereocenters. The Morgan fingerprint density at radius 2 is 2.12 bits per heavy atom. The molecule has 1 aliphatic heterocycles. The van der Waals surface area contributed by atoms with Gasteiger partial charge in [-0.3, -0.25) is 0 Å². The molecular formula is C14H18O3. The summed E-state index contributed by atoms with van der Waals surface area (Å²) in [6.07, 6.45) is 1.77. The number of unbranched alkanes of at least 4 members (excludes halogenated alkanes) is 1. The van der Waals surface area contributed by atoms with Crippen LogP contribution in [0.15, 0.2) is 30.3 Å². The van der Waals surface area contributed by atoms with Crippen molar-refractivity contribution in [2.45, 2.75) is 38.4 Å². The number of epoxide rings is 1. The second kappa shape index (κ2) is 4.88. The smallest absolute Gasteiger partial charge is 0.341 e. The average Bonchev–Trinajstić information content (AvgIpc) is 3.05. The summed E-state index contributed by atoms with van der Waals surface area (Å²) in [6.45, 7) is 4.34. The highest BCUT2D eigenvalue weighted by Crippen LogP contribution is 2.49. The van der Waals surface area contributed by atoms with Gasteiger partial charge in [-0.1, -0.05) is 43.7 Å². The third-order valence-corrected chi connectivity index (χ3v) is 3.04. The molecule has 3 nitrogen and oxygen atoms in total. The number of carbonyl (C=O) groups excluding carboxylic acids is 1. The molecule has 0 bridgehead atoms. The fraction of sp³-hybridized carbons (Fsp3) is 0.500. The van der Waals surface area contributed by atoms with Crippen molar-refractivity contribution in [3.63, 3.8) is 0 Å². The maximum Gasteiger partial charge on any atom is 0.341 e. The zero-order chi connectivity index (χ0) is 12.3. The van der Waals surface area contributed by atoms with E-state index in [-0.39, 0.29) is 12.1 Å². The molecule has 17 heavy (non-hydrogen) atoms. The molecule has 1 heterocycles. The van der Waals surface area contributed by atoms with E-state index in [1.54, 1.807) is 6.92 Å². The molecule has 2 atom stereocenters. The van der Waals surface area contributed by atoms with E-state index in [9.17, 15) is 4.79 Å². The molecular weight excluding hydrogens is 216 g/mol. The highest BCUT2D eigenvalue weighted by molar-refractivity contribution is 5.83. The van der Waals surface area contributed by atoms with Crippen molar-refractivity contribution < 1.29 is 14.3 Å². The molecule has 1 saturated heterocycles. The predicted molar refractivity (Wildman–Crippen MR) is 64.5 cm³/mol. The Morgan fingerprint density at radius 3 is 2.76 bits per heavy atom. The van der Waals surface area contributed by atoms with Gasteiger partial charge in [0.25, 0.3) is 0 Å². The van der Waals surface area contributed by atoms with Gasteiger partial charge in [0.2, 0.25) is 0 Å². The van der Waals surface area contributed by atoms with Gasteiger partial charge in [-0.25, -0.2) is 4.79 Å². The number of hydrogen-bond acceptors (Lipinski definition) is 3. The maximum atomic E-state index is 11.8. The fourth-order valence-corrected chi connectivity index (χ4v) is 1.83. The minimum absolute atomic E-state index is 0.155. The molecule has 3 heteroatoms. The van der Waals surface area contributed by atoms with Crippen LogP contribution in [0.25, 0.3) is 0 Å². The van der Waals surface area contributed by atoms with E-state index < -0.39 is 5.60 Å². The summed E-state index contributed by atoms with van der Waals surface area (Å²) >= 11 is 0. The summed E-state index contributed by atoms with van der Waals surface area (Å²) in [7, 11) is 0. The molecule has 92 valence electrons. The summed E-state index contributed by atoms with van der Waals surface area (Å²) in [5, 5.41) is 0. The van der Waals surface area contributed by atoms with Crippen LogP contribution in [0.1, 0.15) is 38.4 Å². The van der Waals surface area contributed by atoms with Crippen LogP contribution in [0, 0.1) is 0 Å². The van der Waals surface area contributed by atoms with Crippen LogP contribution in [0.5, 0.6) is 0 Å². The second-order valence-corrected chi connectivity index (χ2v) is 4.51. The van der Waals surface area contributed by atoms with Crippen molar-refractivity contribution in [3.05, 3.63) is 35.9 Å². The normalized spacial score (nSPS) is 26.6. The molecule has 0 radical (unpaired) electrons. The Balaban J connectivity index is 1.93. The van der Waals surface area contributed by atoms with Crippen LogP contribution in [0.4, 0.5) is 0 Å². The Bertz CT molecular complexity index is 388. The lowest BCUT2D eigenvalue weighted by atomic mass is 10.0. The van der Waals surface area contributed by atoms with Gasteiger partial charge in [-0.15, -0.1) is 0 Å². The molecule has 0 amide bonds. The molecule has 0 aromatic heterocycles. The zero-order valence-electron chi connectivity index (χ0n) is 10.3. The van der Waals surface area contributed by atoms with Crippen LogP contribution >= 0.6 is 0 Å². The number of ether oxygens (including phenoxy) is 2. The molecule has 0 spiro atoms. The van der Waals surface area contributed by atoms with Gasteiger partial charge in [-0.05, 0) is 18.9 Å². The van der Waals surface area contributed by atoms with E-state index in [1.165, 1.54) is 0 Å². The van der Waals surface area contributed by atoms with Crippen LogP contribution in [0.3, 0.4) is 0 Å². The van der Waals surface area contributed by atoms with Crippen molar-refractivity contribution in [2.75, 3.05) is 6.61 Å². The largest absolute Gasteiger partial charge is 0.463 e. The molecule has 0 N–H and O–H groups in total. The summed E-state index contributed by atoms with van der Waals surface area (Å²) in [5.74, 6) is -0.250. The van der Waals surface area contributed by atoms with Gasteiger partial charge in [0.1, 0.15) is 6.10 Å². The molecule has 1 aromatic rings. The summed E-state index contributed by atoms with van der Waals surface area (Å²) in [5.41, 5.74) is 0.247. The summed E-state index contributed by atoms with van der Waals surface area (Å²) in [6, 6.07) is 9.77. The lowest BCUT2D eigenvalue weighted by molar-refractivity contribution is -0.149. The van der Waals surface area contributed by atoms with Gasteiger partial charge < -0.3 is 9.47 Å². The topological polar surface area (TPSA) is 38.8 Å². The number of hydrogen-bond donors (Lipinski definition) is 0. The lowest BCUT2D eigenvalue weighted by Gasteiger charge is -2.07. The Labute approximate surface area is 102 Å². The molecule has 1 fully saturated rings. The van der Waals surface area contributed by atoms with Crippen LogP contribution in [0.2, 0.25) is 0 Å². The fourth-order valence-electron chi connectivity index (χ4n) is 1.83. The first-order chi connectivity index (χ1) is 8.18. The number of benzene rings is 1. The van der Waals surface area contributed by atoms with Gasteiger partial charge in [0.05, 0.1) is 6.61 Å². The van der Waals surface area contributed by atoms with Gasteiger partial charge in [0.15, 0.2) is 5.60 Å². The molecule has 0 saturated carbocycles. The predicted octanol–water partition coefficient (Wildman–Crippen LogP) is 2.86. The SMILES string of the molecule is CCCCOC(=O)[C@]1(C)O[C@@H]1c1ccccc1. The van der Waals surface area contributed by atoms with E-state index in [0.717, 1.165) is 18.4 Å². The van der Waals surface area contributed by atoms with Crippen LogP contribution < -0.4 is 0 Å². The number of rotatable bonds is 5. The number of carbonyl (C=O) groups is 1. The van der Waals surface area contributed by atoms with Crippen molar-refractivity contribution in [1.29, 1.82) is 0 Å². The first-order valence-electron chi connectivity index (χ1n) is 6.08. The number of esters is 1. The van der Waals surface area contributed by atoms with Crippen molar-refractivity contribution in [2.24, 2.45) is 0 Å². The third-order valence-electron chi connectivity index (χ3n) is 3.04. The zero-order valence-corrected chi connectivity index (χ0v) is 10.3. The highest BCUT2D eigenvalue weighted by Gasteiger charge is 2.60. The van der Waals surface area contributed by atoms with Crippen molar-refractivity contribution in [3.8, 4) is 0 Å². The Morgan fingerprint density at radius 1 is 1.41 bits per heavy atom. The average molecular weight is 234 g/mol. The molecule has 2 rings (SSSR count). The van der Waals surface area contributed by atoms with Crippen molar-refractivity contribution in [1.82, 2.24) is 0 Å². The van der Waals surface area contributed by atoms with Gasteiger partial charge in [-0.2, -0.15) is 0 Å². The van der Waals surface area contributed by atoms with E-state index in [0.29, 0.717) is 6.61 Å². The third kappa shape index (κ3) is 2.50. The van der Waals surface area contributed by atoms with Crippen molar-refractivity contribution >= 4 is 5.97 Å². The van der Waals surface area contributed by atoms with Crippen LogP contribution in [-0.2, 0) is 14.3 Å². The summed E-state index contributed by atoms with van der Waals surface area (Å²) in [4.78, 5) is 11.8. The monoisotopic (exact) mass is 234 g/mol. The van der Waals surface area contributed by atoms with Gasteiger partial charge in [0, 0.05) is 0 Å². The first kappa shape index (κ1) is 12.1. The van der Waals surface area contributed by atoms with E-state index in [1.807, 2.05) is 30.3 Å². The van der Waals surface area contributed by atoms with Gasteiger partial charge >= 0.3 is 5.97 Å². The Hall–Kier alpha value is -1.35. The minimum atomic E-state index is -0.783. The molecule has 1 aromatic carbocycles. The summed E-state index contributed by atoms with van der Waals surface area (Å²) < 4.78 is 10.7. The molecule has 1 aliphatic rings. The second-order valence-electron chi connectivity index (χ2n) is 4.51. The van der Waals surface area contributed by atoms with Crippen LogP contribution in [-0.4, -0.2) is 18.2 Å². The Kier molecular flexibility index (Phi) is 3.48. The minimum Gasteiger partial charge on any atom is -0.463 e. The van der Waals surface area contributed by atoms with E-state index >= 15 is 0 Å². The quantitative estimate of drug-likeness (QED) is 0.446. The maximum absolute atomic E-state index is 11.8. The standard InChI is InChI=1S/C14H18O3/c1-3-4-10-16-13(15)14(2)12(17-14)11-8-6-5-7-9-11/h5-9,12H,3-4,10H2,1-2H3/t12-,14-/m1/s1.